The number of rotatable bonds is 1. The van der Waals surface area contributed by atoms with Gasteiger partial charge in [-0.2, -0.15) is 0 Å². The summed E-state index contributed by atoms with van der Waals surface area (Å²) in [5.41, 5.74) is 0.714. The number of ether oxygens (including phenoxy) is 1. The number of carbonyl (C=O) groups excluding carboxylic acids is 1. The predicted octanol–water partition coefficient (Wildman–Crippen LogP) is 3.29. The Balaban J connectivity index is 1.91. The minimum absolute atomic E-state index is 0.152. The van der Waals surface area contributed by atoms with E-state index in [2.05, 4.69) is 26.2 Å². The van der Waals surface area contributed by atoms with Crippen LogP contribution < -0.4 is 5.32 Å². The van der Waals surface area contributed by atoms with E-state index in [1.54, 1.807) is 11.3 Å². The molecule has 2 rings (SSSR count). The third-order valence-corrected chi connectivity index (χ3v) is 4.21. The molecule has 0 saturated carbocycles. The van der Waals surface area contributed by atoms with Crippen LogP contribution in [0, 0.1) is 0 Å². The molecule has 4 nitrogen and oxygen atoms in total. The molecule has 0 fully saturated rings. The fourth-order valence-corrected chi connectivity index (χ4v) is 3.65. The summed E-state index contributed by atoms with van der Waals surface area (Å²) >= 11 is 5.05. The summed E-state index contributed by atoms with van der Waals surface area (Å²) in [6.07, 6.45) is 2.34. The highest BCUT2D eigenvalue weighted by Crippen LogP contribution is 2.29. The Morgan fingerprint density at radius 3 is 2.94 bits per heavy atom. The molecule has 1 aromatic rings. The summed E-state index contributed by atoms with van der Waals surface area (Å²) in [6, 6.07) is 0.152. The maximum atomic E-state index is 11.7. The maximum absolute atomic E-state index is 11.7. The van der Waals surface area contributed by atoms with Crippen molar-refractivity contribution in [1.29, 1.82) is 0 Å². The minimum Gasteiger partial charge on any atom is -0.444 e. The standard InChI is InChI=1S/C12H17BrN2O2S/c1-12(2,3)17-11(16)14-7-4-5-8-9(6-7)18-10(13)15-8/h7H,4-6H2,1-3H3,(H,14,16)/t7-/m1/s1. The molecular weight excluding hydrogens is 316 g/mol. The van der Waals surface area contributed by atoms with Crippen LogP contribution in [0.5, 0.6) is 0 Å². The van der Waals surface area contributed by atoms with Gasteiger partial charge in [0.15, 0.2) is 3.92 Å². The third-order valence-electron chi connectivity index (χ3n) is 2.63. The second-order valence-corrected chi connectivity index (χ2v) is 7.78. The van der Waals surface area contributed by atoms with Crippen LogP contribution in [0.3, 0.4) is 0 Å². The van der Waals surface area contributed by atoms with Gasteiger partial charge >= 0.3 is 6.09 Å². The molecule has 0 spiro atoms. The lowest BCUT2D eigenvalue weighted by Crippen LogP contribution is -2.41. The van der Waals surface area contributed by atoms with Crippen molar-refractivity contribution in [2.24, 2.45) is 0 Å². The summed E-state index contributed by atoms with van der Waals surface area (Å²) in [4.78, 5) is 17.4. The van der Waals surface area contributed by atoms with Crippen LogP contribution in [0.25, 0.3) is 0 Å². The number of nitrogens with one attached hydrogen (secondary N) is 1. The highest BCUT2D eigenvalue weighted by atomic mass is 79.9. The molecule has 1 heterocycles. The molecule has 1 atom stereocenters. The van der Waals surface area contributed by atoms with Crippen molar-refractivity contribution in [3.8, 4) is 0 Å². The normalized spacial score (nSPS) is 19.2. The fourth-order valence-electron chi connectivity index (χ4n) is 1.94. The molecule has 0 unspecified atom stereocenters. The van der Waals surface area contributed by atoms with Gasteiger partial charge < -0.3 is 10.1 Å². The average Bonchev–Trinajstić information content (AvgIpc) is 2.53. The number of aryl methyl sites for hydroxylation is 1. The largest absolute Gasteiger partial charge is 0.444 e. The lowest BCUT2D eigenvalue weighted by atomic mass is 9.98. The number of halogens is 1. The van der Waals surface area contributed by atoms with Crippen molar-refractivity contribution in [2.75, 3.05) is 0 Å². The molecule has 100 valence electrons. The highest BCUT2D eigenvalue weighted by Gasteiger charge is 2.25. The first-order chi connectivity index (χ1) is 8.33. The van der Waals surface area contributed by atoms with Crippen LogP contribution in [-0.2, 0) is 17.6 Å². The molecule has 1 aromatic heterocycles. The molecule has 0 aromatic carbocycles. The van der Waals surface area contributed by atoms with Crippen LogP contribution in [0.1, 0.15) is 37.8 Å². The molecule has 1 amide bonds. The Labute approximate surface area is 119 Å². The maximum Gasteiger partial charge on any atom is 0.407 e. The summed E-state index contributed by atoms with van der Waals surface area (Å²) in [5.74, 6) is 0. The summed E-state index contributed by atoms with van der Waals surface area (Å²) < 4.78 is 6.18. The van der Waals surface area contributed by atoms with Crippen molar-refractivity contribution in [1.82, 2.24) is 10.3 Å². The number of nitrogens with zero attached hydrogens (tertiary/aromatic N) is 1. The van der Waals surface area contributed by atoms with Gasteiger partial charge in [0.05, 0.1) is 5.69 Å². The lowest BCUT2D eigenvalue weighted by molar-refractivity contribution is 0.0500. The van der Waals surface area contributed by atoms with Crippen molar-refractivity contribution in [3.63, 3.8) is 0 Å². The second-order valence-electron chi connectivity index (χ2n) is 5.42. The Morgan fingerprint density at radius 1 is 1.56 bits per heavy atom. The Hall–Kier alpha value is -0.620. The zero-order chi connectivity index (χ0) is 13.3. The molecule has 0 bridgehead atoms. The van der Waals surface area contributed by atoms with Crippen LogP contribution in [0.15, 0.2) is 3.92 Å². The topological polar surface area (TPSA) is 51.2 Å². The number of aromatic nitrogens is 1. The van der Waals surface area contributed by atoms with Crippen LogP contribution in [0.4, 0.5) is 4.79 Å². The van der Waals surface area contributed by atoms with E-state index in [0.29, 0.717) is 0 Å². The molecule has 0 radical (unpaired) electrons. The number of carbonyl (C=O) groups is 1. The SMILES string of the molecule is CC(C)(C)OC(=O)N[C@@H]1CCc2nc(Br)sc2C1. The van der Waals surface area contributed by atoms with E-state index < -0.39 is 5.60 Å². The fraction of sp³-hybridized carbons (Fsp3) is 0.667. The number of amides is 1. The van der Waals surface area contributed by atoms with E-state index in [-0.39, 0.29) is 12.1 Å². The first-order valence-electron chi connectivity index (χ1n) is 5.97. The van der Waals surface area contributed by atoms with E-state index in [4.69, 9.17) is 4.74 Å². The van der Waals surface area contributed by atoms with Crippen molar-refractivity contribution < 1.29 is 9.53 Å². The Bertz CT molecular complexity index is 453. The number of alkyl carbamates (subject to hydrolysis) is 1. The Kier molecular flexibility index (Phi) is 3.96. The van der Waals surface area contributed by atoms with Crippen molar-refractivity contribution in [3.05, 3.63) is 14.5 Å². The third kappa shape index (κ3) is 3.68. The summed E-state index contributed by atoms with van der Waals surface area (Å²) in [6.45, 7) is 5.60. The van der Waals surface area contributed by atoms with Crippen LogP contribution in [0.2, 0.25) is 0 Å². The molecule has 1 N–H and O–H groups in total. The average molecular weight is 333 g/mol. The minimum atomic E-state index is -0.447. The monoisotopic (exact) mass is 332 g/mol. The molecule has 6 heteroatoms. The van der Waals surface area contributed by atoms with Gasteiger partial charge in [0.25, 0.3) is 0 Å². The Morgan fingerprint density at radius 2 is 2.28 bits per heavy atom. The smallest absolute Gasteiger partial charge is 0.407 e. The van der Waals surface area contributed by atoms with Crippen molar-refractivity contribution in [2.45, 2.75) is 51.7 Å². The van der Waals surface area contributed by atoms with Crippen LogP contribution in [-0.4, -0.2) is 22.7 Å². The molecule has 1 aliphatic carbocycles. The van der Waals surface area contributed by atoms with Gasteiger partial charge in [-0.3, -0.25) is 0 Å². The first-order valence-corrected chi connectivity index (χ1v) is 7.58. The molecule has 0 aliphatic heterocycles. The molecule has 1 aliphatic rings. The van der Waals surface area contributed by atoms with Crippen LogP contribution >= 0.6 is 27.3 Å². The van der Waals surface area contributed by atoms with Gasteiger partial charge in [-0.25, -0.2) is 9.78 Å². The number of fused-ring (bicyclic) bond motifs is 1. The van der Waals surface area contributed by atoms with E-state index in [0.717, 1.165) is 28.9 Å². The van der Waals surface area contributed by atoms with E-state index in [1.165, 1.54) is 4.88 Å². The van der Waals surface area contributed by atoms with Gasteiger partial charge in [-0.05, 0) is 49.5 Å². The number of hydrogen-bond donors (Lipinski definition) is 1. The van der Waals surface area contributed by atoms with Gasteiger partial charge in [0.1, 0.15) is 5.60 Å². The summed E-state index contributed by atoms with van der Waals surface area (Å²) in [5, 5.41) is 2.93. The lowest BCUT2D eigenvalue weighted by Gasteiger charge is -2.25. The van der Waals surface area contributed by atoms with E-state index in [9.17, 15) is 4.79 Å². The number of thiazole rings is 1. The summed E-state index contributed by atoms with van der Waals surface area (Å²) in [7, 11) is 0. The zero-order valence-corrected chi connectivity index (χ0v) is 13.2. The highest BCUT2D eigenvalue weighted by molar-refractivity contribution is 9.11. The van der Waals surface area contributed by atoms with Gasteiger partial charge in [0, 0.05) is 17.3 Å². The van der Waals surface area contributed by atoms with Gasteiger partial charge in [-0.15, -0.1) is 11.3 Å². The zero-order valence-electron chi connectivity index (χ0n) is 10.7. The second kappa shape index (κ2) is 5.17. The van der Waals surface area contributed by atoms with Gasteiger partial charge in [0.2, 0.25) is 0 Å². The van der Waals surface area contributed by atoms with E-state index >= 15 is 0 Å². The predicted molar refractivity (Wildman–Crippen MR) is 75.0 cm³/mol. The molecule has 0 saturated heterocycles. The first kappa shape index (κ1) is 13.8. The molecule has 18 heavy (non-hydrogen) atoms. The quantitative estimate of drug-likeness (QED) is 0.858. The number of hydrogen-bond acceptors (Lipinski definition) is 4. The molecular formula is C12H17BrN2O2S. The van der Waals surface area contributed by atoms with E-state index in [1.807, 2.05) is 20.8 Å². The van der Waals surface area contributed by atoms with Crippen molar-refractivity contribution >= 4 is 33.4 Å². The van der Waals surface area contributed by atoms with Gasteiger partial charge in [-0.1, -0.05) is 0 Å².